The van der Waals surface area contributed by atoms with Crippen molar-refractivity contribution in [3.8, 4) is 0 Å². The van der Waals surface area contributed by atoms with Crippen LogP contribution >= 0.6 is 46.4 Å². The Morgan fingerprint density at radius 1 is 0.900 bits per heavy atom. The van der Waals surface area contributed by atoms with Crippen LogP contribution < -0.4 is 5.32 Å². The van der Waals surface area contributed by atoms with Crippen LogP contribution in [0.5, 0.6) is 0 Å². The number of halogens is 4. The highest BCUT2D eigenvalue weighted by atomic mass is 35.5. The van der Waals surface area contributed by atoms with E-state index in [2.05, 4.69) is 12.2 Å². The van der Waals surface area contributed by atoms with Crippen molar-refractivity contribution >= 4 is 46.4 Å². The number of hydrogen-bond acceptors (Lipinski definition) is 1. The third-order valence-corrected chi connectivity index (χ3v) is 4.39. The Hall–Kier alpha value is -0.440. The summed E-state index contributed by atoms with van der Waals surface area (Å²) in [6.07, 6.45) is 0. The molecule has 0 aliphatic heterocycles. The van der Waals surface area contributed by atoms with E-state index in [1.54, 1.807) is 18.2 Å². The molecule has 0 aliphatic rings. The van der Waals surface area contributed by atoms with Gasteiger partial charge in [0.1, 0.15) is 0 Å². The first kappa shape index (κ1) is 15.9. The molecule has 0 fully saturated rings. The standard InChI is InChI=1S/C15H13Cl4N/c1-9(10-2-4-14(18)15(19)7-10)20-8-11-6-12(16)3-5-13(11)17/h2-7,9,20H,8H2,1H3. The monoisotopic (exact) mass is 347 g/mol. The highest BCUT2D eigenvalue weighted by Gasteiger charge is 2.09. The molecule has 0 radical (unpaired) electrons. The Balaban J connectivity index is 2.06. The first-order valence-corrected chi connectivity index (χ1v) is 7.61. The van der Waals surface area contributed by atoms with E-state index in [4.69, 9.17) is 46.4 Å². The van der Waals surface area contributed by atoms with Gasteiger partial charge in [0, 0.05) is 22.6 Å². The molecule has 0 amide bonds. The molecule has 0 heterocycles. The molecule has 0 saturated heterocycles. The van der Waals surface area contributed by atoms with E-state index in [0.29, 0.717) is 26.6 Å². The molecule has 0 bridgehead atoms. The normalized spacial score (nSPS) is 12.4. The van der Waals surface area contributed by atoms with Gasteiger partial charge in [0.05, 0.1) is 10.0 Å². The third-order valence-electron chi connectivity index (χ3n) is 3.05. The van der Waals surface area contributed by atoms with E-state index in [9.17, 15) is 0 Å². The quantitative estimate of drug-likeness (QED) is 0.698. The molecule has 1 unspecified atom stereocenters. The lowest BCUT2D eigenvalue weighted by Gasteiger charge is -2.15. The van der Waals surface area contributed by atoms with Crippen LogP contribution in [0.2, 0.25) is 20.1 Å². The average Bonchev–Trinajstić information content (AvgIpc) is 2.42. The molecule has 106 valence electrons. The summed E-state index contributed by atoms with van der Waals surface area (Å²) in [7, 11) is 0. The van der Waals surface area contributed by atoms with Crippen LogP contribution in [0.4, 0.5) is 0 Å². The van der Waals surface area contributed by atoms with Crippen molar-refractivity contribution < 1.29 is 0 Å². The molecular weight excluding hydrogens is 336 g/mol. The summed E-state index contributed by atoms with van der Waals surface area (Å²) in [5.74, 6) is 0. The number of benzene rings is 2. The van der Waals surface area contributed by atoms with Gasteiger partial charge in [0.2, 0.25) is 0 Å². The number of rotatable bonds is 4. The zero-order valence-corrected chi connectivity index (χ0v) is 13.8. The van der Waals surface area contributed by atoms with Crippen LogP contribution in [0.15, 0.2) is 36.4 Å². The summed E-state index contributed by atoms with van der Waals surface area (Å²) in [5, 5.41) is 5.87. The molecular formula is C15H13Cl4N. The fourth-order valence-electron chi connectivity index (χ4n) is 1.84. The molecule has 1 atom stereocenters. The van der Waals surface area contributed by atoms with Crippen LogP contribution in [-0.2, 0) is 6.54 Å². The van der Waals surface area contributed by atoms with Crippen LogP contribution in [0.1, 0.15) is 24.1 Å². The number of hydrogen-bond donors (Lipinski definition) is 1. The fourth-order valence-corrected chi connectivity index (χ4v) is 2.53. The highest BCUT2D eigenvalue weighted by Crippen LogP contribution is 2.26. The molecule has 5 heteroatoms. The van der Waals surface area contributed by atoms with Crippen molar-refractivity contribution in [1.82, 2.24) is 5.32 Å². The van der Waals surface area contributed by atoms with Gasteiger partial charge in [0.25, 0.3) is 0 Å². The van der Waals surface area contributed by atoms with Gasteiger partial charge < -0.3 is 5.32 Å². The summed E-state index contributed by atoms with van der Waals surface area (Å²) in [5.41, 5.74) is 2.03. The predicted molar refractivity (Wildman–Crippen MR) is 88.2 cm³/mol. The third kappa shape index (κ3) is 4.03. The van der Waals surface area contributed by atoms with Crippen molar-refractivity contribution in [2.45, 2.75) is 19.5 Å². The van der Waals surface area contributed by atoms with Crippen LogP contribution in [0.25, 0.3) is 0 Å². The number of nitrogens with one attached hydrogen (secondary N) is 1. The molecule has 0 saturated carbocycles. The lowest BCUT2D eigenvalue weighted by Crippen LogP contribution is -2.18. The van der Waals surface area contributed by atoms with E-state index < -0.39 is 0 Å². The first-order valence-electron chi connectivity index (χ1n) is 6.09. The van der Waals surface area contributed by atoms with Crippen LogP contribution in [-0.4, -0.2) is 0 Å². The van der Waals surface area contributed by atoms with Gasteiger partial charge in [-0.1, -0.05) is 52.5 Å². The summed E-state index contributed by atoms with van der Waals surface area (Å²) in [4.78, 5) is 0. The summed E-state index contributed by atoms with van der Waals surface area (Å²) < 4.78 is 0. The Kier molecular flexibility index (Phi) is 5.59. The minimum absolute atomic E-state index is 0.125. The summed E-state index contributed by atoms with van der Waals surface area (Å²) in [6.45, 7) is 2.68. The van der Waals surface area contributed by atoms with Gasteiger partial charge in [-0.25, -0.2) is 0 Å². The second kappa shape index (κ2) is 7.02. The Bertz CT molecular complexity index is 613. The van der Waals surface area contributed by atoms with Crippen molar-refractivity contribution in [2.75, 3.05) is 0 Å². The van der Waals surface area contributed by atoms with Crippen molar-refractivity contribution in [3.05, 3.63) is 67.6 Å². The second-order valence-corrected chi connectivity index (χ2v) is 6.17. The SMILES string of the molecule is CC(NCc1cc(Cl)ccc1Cl)c1ccc(Cl)c(Cl)c1. The minimum Gasteiger partial charge on any atom is -0.306 e. The molecule has 1 nitrogen and oxygen atoms in total. The van der Waals surface area contributed by atoms with Gasteiger partial charge in [-0.05, 0) is 48.4 Å². The van der Waals surface area contributed by atoms with Gasteiger partial charge in [-0.15, -0.1) is 0 Å². The maximum atomic E-state index is 6.13. The highest BCUT2D eigenvalue weighted by molar-refractivity contribution is 6.42. The van der Waals surface area contributed by atoms with Crippen LogP contribution in [0, 0.1) is 0 Å². The van der Waals surface area contributed by atoms with E-state index >= 15 is 0 Å². The van der Waals surface area contributed by atoms with E-state index in [1.807, 2.05) is 18.2 Å². The zero-order chi connectivity index (χ0) is 14.7. The molecule has 2 rings (SSSR count). The molecule has 2 aromatic carbocycles. The van der Waals surface area contributed by atoms with Gasteiger partial charge in [0.15, 0.2) is 0 Å². The minimum atomic E-state index is 0.125. The van der Waals surface area contributed by atoms with Crippen LogP contribution in [0.3, 0.4) is 0 Å². The summed E-state index contributed by atoms with van der Waals surface area (Å²) in [6, 6.07) is 11.2. The molecule has 20 heavy (non-hydrogen) atoms. The Morgan fingerprint density at radius 3 is 2.30 bits per heavy atom. The Labute approximate surface area is 138 Å². The molecule has 0 aliphatic carbocycles. The van der Waals surface area contributed by atoms with Crippen molar-refractivity contribution in [3.63, 3.8) is 0 Å². The van der Waals surface area contributed by atoms with Gasteiger partial charge in [-0.3, -0.25) is 0 Å². The topological polar surface area (TPSA) is 12.0 Å². The summed E-state index contributed by atoms with van der Waals surface area (Å²) >= 11 is 24.0. The van der Waals surface area contributed by atoms with Gasteiger partial charge >= 0.3 is 0 Å². The lowest BCUT2D eigenvalue weighted by molar-refractivity contribution is 0.575. The molecule has 0 spiro atoms. The molecule has 0 aromatic heterocycles. The predicted octanol–water partition coefficient (Wildman–Crippen LogP) is 6.15. The van der Waals surface area contributed by atoms with Crippen molar-refractivity contribution in [1.29, 1.82) is 0 Å². The lowest BCUT2D eigenvalue weighted by atomic mass is 10.1. The van der Waals surface area contributed by atoms with E-state index in [-0.39, 0.29) is 6.04 Å². The second-order valence-electron chi connectivity index (χ2n) is 4.51. The maximum Gasteiger partial charge on any atom is 0.0595 e. The van der Waals surface area contributed by atoms with Crippen molar-refractivity contribution in [2.24, 2.45) is 0 Å². The fraction of sp³-hybridized carbons (Fsp3) is 0.200. The molecule has 2 aromatic rings. The smallest absolute Gasteiger partial charge is 0.0595 e. The largest absolute Gasteiger partial charge is 0.306 e. The van der Waals surface area contributed by atoms with E-state index in [0.717, 1.165) is 11.1 Å². The zero-order valence-electron chi connectivity index (χ0n) is 10.8. The molecule has 1 N–H and O–H groups in total. The van der Waals surface area contributed by atoms with Gasteiger partial charge in [-0.2, -0.15) is 0 Å². The Morgan fingerprint density at radius 2 is 1.60 bits per heavy atom. The average molecular weight is 349 g/mol. The first-order chi connectivity index (χ1) is 9.47. The van der Waals surface area contributed by atoms with E-state index in [1.165, 1.54) is 0 Å². The maximum absolute atomic E-state index is 6.13.